The molecule has 2 rings (SSSR count). The molecule has 0 aliphatic heterocycles. The minimum atomic E-state index is -3.29. The molecule has 0 bridgehead atoms. The molecule has 0 aliphatic carbocycles. The normalized spacial score (nSPS) is 11.6. The van der Waals surface area contributed by atoms with Crippen molar-refractivity contribution in [3.63, 3.8) is 0 Å². The summed E-state index contributed by atoms with van der Waals surface area (Å²) >= 11 is 0. The molecule has 2 aromatic carbocycles. The molecule has 152 valence electrons. The average molecular weight is 407 g/mol. The van der Waals surface area contributed by atoms with Gasteiger partial charge in [0, 0.05) is 5.69 Å². The highest BCUT2D eigenvalue weighted by Gasteiger charge is 2.15. The van der Waals surface area contributed by atoms with Crippen LogP contribution in [0.2, 0.25) is 0 Å². The topological polar surface area (TPSA) is 93.7 Å². The first-order valence-electron chi connectivity index (χ1n) is 8.80. The quantitative estimate of drug-likeness (QED) is 0.685. The van der Waals surface area contributed by atoms with E-state index < -0.39 is 21.7 Å². The Bertz CT molecular complexity index is 886. The summed E-state index contributed by atoms with van der Waals surface area (Å²) in [4.78, 5) is 11.5. The van der Waals surface area contributed by atoms with E-state index >= 15 is 0 Å². The second-order valence-electron chi connectivity index (χ2n) is 7.25. The molecule has 0 atom stereocenters. The molecule has 0 spiro atoms. The minimum absolute atomic E-state index is 0.324. The van der Waals surface area contributed by atoms with Crippen LogP contribution in [-0.2, 0) is 14.8 Å². The lowest BCUT2D eigenvalue weighted by Crippen LogP contribution is -2.34. The molecule has 0 saturated heterocycles. The number of benzene rings is 2. The maximum atomic E-state index is 11.5. The zero-order chi connectivity index (χ0) is 20.8. The van der Waals surface area contributed by atoms with E-state index in [9.17, 15) is 13.2 Å². The van der Waals surface area contributed by atoms with E-state index in [-0.39, 0.29) is 0 Å². The van der Waals surface area contributed by atoms with Crippen LogP contribution in [0.4, 0.5) is 10.5 Å². The van der Waals surface area contributed by atoms with E-state index in [1.165, 1.54) is 0 Å². The summed E-state index contributed by atoms with van der Waals surface area (Å²) in [7, 11) is -3.29. The highest BCUT2D eigenvalue weighted by atomic mass is 32.2. The molecule has 2 N–H and O–H groups in total. The van der Waals surface area contributed by atoms with E-state index in [1.54, 1.807) is 32.9 Å². The van der Waals surface area contributed by atoms with Crippen molar-refractivity contribution in [1.29, 1.82) is 0 Å². The Balaban J connectivity index is 1.84. The predicted octanol–water partition coefficient (Wildman–Crippen LogP) is 3.63. The SMILES string of the molecule is CC(C)(C)OC(=O)NCCOc1ccc(-c2ccc(NS(C)(=O)=O)cc2)cc1. The van der Waals surface area contributed by atoms with Gasteiger partial charge in [0.15, 0.2) is 0 Å². The summed E-state index contributed by atoms with van der Waals surface area (Å²) in [6.45, 7) is 6.08. The largest absolute Gasteiger partial charge is 0.492 e. The Morgan fingerprint density at radius 1 is 0.964 bits per heavy atom. The Hall–Kier alpha value is -2.74. The van der Waals surface area contributed by atoms with Gasteiger partial charge in [-0.3, -0.25) is 4.72 Å². The van der Waals surface area contributed by atoms with Crippen LogP contribution in [0.25, 0.3) is 11.1 Å². The van der Waals surface area contributed by atoms with E-state index in [0.717, 1.165) is 17.4 Å². The van der Waals surface area contributed by atoms with Crippen molar-refractivity contribution in [1.82, 2.24) is 5.32 Å². The molecule has 0 unspecified atom stereocenters. The second-order valence-corrected chi connectivity index (χ2v) is 9.00. The first kappa shape index (κ1) is 21.6. The number of amides is 1. The maximum Gasteiger partial charge on any atom is 0.407 e. The molecule has 1 amide bonds. The van der Waals surface area contributed by atoms with Crippen LogP contribution in [0, 0.1) is 0 Å². The van der Waals surface area contributed by atoms with Gasteiger partial charge in [-0.25, -0.2) is 13.2 Å². The number of anilines is 1. The van der Waals surface area contributed by atoms with Crippen molar-refractivity contribution in [3.05, 3.63) is 48.5 Å². The smallest absolute Gasteiger partial charge is 0.407 e. The van der Waals surface area contributed by atoms with E-state index in [1.807, 2.05) is 36.4 Å². The van der Waals surface area contributed by atoms with Crippen molar-refractivity contribution in [2.45, 2.75) is 26.4 Å². The van der Waals surface area contributed by atoms with Gasteiger partial charge in [-0.1, -0.05) is 24.3 Å². The molecule has 2 aromatic rings. The molecule has 0 heterocycles. The zero-order valence-electron chi connectivity index (χ0n) is 16.5. The summed E-state index contributed by atoms with van der Waals surface area (Å²) in [5, 5.41) is 2.63. The van der Waals surface area contributed by atoms with Crippen LogP contribution < -0.4 is 14.8 Å². The molecule has 0 radical (unpaired) electrons. The van der Waals surface area contributed by atoms with Crippen LogP contribution in [-0.4, -0.2) is 39.5 Å². The van der Waals surface area contributed by atoms with Crippen molar-refractivity contribution in [2.75, 3.05) is 24.1 Å². The lowest BCUT2D eigenvalue weighted by Gasteiger charge is -2.19. The van der Waals surface area contributed by atoms with Crippen LogP contribution >= 0.6 is 0 Å². The molecule has 0 aliphatic rings. The molecule has 0 aromatic heterocycles. The summed E-state index contributed by atoms with van der Waals surface area (Å²) in [6, 6.07) is 14.6. The number of carbonyl (C=O) groups is 1. The van der Waals surface area contributed by atoms with Gasteiger partial charge in [0.25, 0.3) is 0 Å². The van der Waals surface area contributed by atoms with Crippen LogP contribution in [0.15, 0.2) is 48.5 Å². The van der Waals surface area contributed by atoms with Gasteiger partial charge < -0.3 is 14.8 Å². The first-order chi connectivity index (χ1) is 13.0. The van der Waals surface area contributed by atoms with Gasteiger partial charge in [0.05, 0.1) is 12.8 Å². The van der Waals surface area contributed by atoms with Crippen molar-refractivity contribution in [3.8, 4) is 16.9 Å². The first-order valence-corrected chi connectivity index (χ1v) is 10.7. The number of hydrogen-bond acceptors (Lipinski definition) is 5. The number of rotatable bonds is 7. The Labute approximate surface area is 166 Å². The fraction of sp³-hybridized carbons (Fsp3) is 0.350. The third kappa shape index (κ3) is 7.87. The summed E-state index contributed by atoms with van der Waals surface area (Å²) in [5.74, 6) is 0.685. The van der Waals surface area contributed by atoms with Gasteiger partial charge in [0.2, 0.25) is 10.0 Å². The number of nitrogens with one attached hydrogen (secondary N) is 2. The van der Waals surface area contributed by atoms with E-state index in [2.05, 4.69) is 10.0 Å². The van der Waals surface area contributed by atoms with Crippen LogP contribution in [0.3, 0.4) is 0 Å². The lowest BCUT2D eigenvalue weighted by atomic mass is 10.1. The molecule has 28 heavy (non-hydrogen) atoms. The molecule has 0 fully saturated rings. The fourth-order valence-corrected chi connectivity index (χ4v) is 2.89. The molecule has 0 saturated carbocycles. The zero-order valence-corrected chi connectivity index (χ0v) is 17.3. The number of carbonyl (C=O) groups excluding carboxylic acids is 1. The van der Waals surface area contributed by atoms with Crippen LogP contribution in [0.5, 0.6) is 5.75 Å². The van der Waals surface area contributed by atoms with Crippen molar-refractivity contribution in [2.24, 2.45) is 0 Å². The minimum Gasteiger partial charge on any atom is -0.492 e. The second kappa shape index (κ2) is 8.97. The Kier molecular flexibility index (Phi) is 6.90. The van der Waals surface area contributed by atoms with Gasteiger partial charge in [-0.2, -0.15) is 0 Å². The monoisotopic (exact) mass is 406 g/mol. The highest BCUT2D eigenvalue weighted by Crippen LogP contribution is 2.24. The Morgan fingerprint density at radius 3 is 2.00 bits per heavy atom. The van der Waals surface area contributed by atoms with E-state index in [0.29, 0.717) is 24.6 Å². The average Bonchev–Trinajstić information content (AvgIpc) is 2.57. The molecular weight excluding hydrogens is 380 g/mol. The number of sulfonamides is 1. The summed E-state index contributed by atoms with van der Waals surface area (Å²) in [5.41, 5.74) is 1.92. The standard InChI is InChI=1S/C20H26N2O5S/c1-20(2,3)27-19(23)21-13-14-26-18-11-7-16(8-12-18)15-5-9-17(10-6-15)22-28(4,24)25/h5-12,22H,13-14H2,1-4H3,(H,21,23). The number of alkyl carbamates (subject to hydrolysis) is 1. The molecule has 8 heteroatoms. The van der Waals surface area contributed by atoms with Crippen LogP contribution in [0.1, 0.15) is 20.8 Å². The fourth-order valence-electron chi connectivity index (χ4n) is 2.32. The van der Waals surface area contributed by atoms with E-state index in [4.69, 9.17) is 9.47 Å². The Morgan fingerprint density at radius 2 is 1.50 bits per heavy atom. The predicted molar refractivity (Wildman–Crippen MR) is 110 cm³/mol. The van der Waals surface area contributed by atoms with Gasteiger partial charge in [-0.15, -0.1) is 0 Å². The maximum absolute atomic E-state index is 11.5. The van der Waals surface area contributed by atoms with Gasteiger partial charge >= 0.3 is 6.09 Å². The molecule has 7 nitrogen and oxygen atoms in total. The van der Waals surface area contributed by atoms with Gasteiger partial charge in [0.1, 0.15) is 18.0 Å². The molecular formula is C20H26N2O5S. The highest BCUT2D eigenvalue weighted by molar-refractivity contribution is 7.92. The third-order valence-electron chi connectivity index (χ3n) is 3.41. The summed E-state index contributed by atoms with van der Waals surface area (Å²) < 4.78 is 35.7. The third-order valence-corrected chi connectivity index (χ3v) is 4.02. The van der Waals surface area contributed by atoms with Gasteiger partial charge in [-0.05, 0) is 56.2 Å². The summed E-state index contributed by atoms with van der Waals surface area (Å²) in [6.07, 6.45) is 0.642. The number of ether oxygens (including phenoxy) is 2. The number of hydrogen-bond donors (Lipinski definition) is 2. The van der Waals surface area contributed by atoms with Crippen molar-refractivity contribution >= 4 is 21.8 Å². The lowest BCUT2D eigenvalue weighted by molar-refractivity contribution is 0.0520. The van der Waals surface area contributed by atoms with Crippen molar-refractivity contribution < 1.29 is 22.7 Å².